The third-order valence-electron chi connectivity index (χ3n) is 3.82. The van der Waals surface area contributed by atoms with E-state index in [1.54, 1.807) is 0 Å². The van der Waals surface area contributed by atoms with Crippen molar-refractivity contribution in [1.82, 2.24) is 5.32 Å². The molecule has 2 aromatic rings. The molecule has 1 aliphatic carbocycles. The summed E-state index contributed by atoms with van der Waals surface area (Å²) in [5.41, 5.74) is 2.68. The number of hydrogen-bond donors (Lipinski definition) is 1. The average Bonchev–Trinajstić information content (AvgIpc) is 3.17. The lowest BCUT2D eigenvalue weighted by Crippen LogP contribution is -2.20. The van der Waals surface area contributed by atoms with Gasteiger partial charge in [-0.15, -0.1) is 11.3 Å². The minimum atomic E-state index is 0.781. The molecule has 0 aliphatic heterocycles. The van der Waals surface area contributed by atoms with Crippen LogP contribution in [0.2, 0.25) is 0 Å². The van der Waals surface area contributed by atoms with Crippen LogP contribution < -0.4 is 10.2 Å². The molecule has 0 bridgehead atoms. The van der Waals surface area contributed by atoms with E-state index in [-0.39, 0.29) is 0 Å². The van der Waals surface area contributed by atoms with Crippen molar-refractivity contribution < 1.29 is 0 Å². The van der Waals surface area contributed by atoms with Gasteiger partial charge in [0, 0.05) is 36.7 Å². The zero-order valence-corrected chi connectivity index (χ0v) is 12.8. The summed E-state index contributed by atoms with van der Waals surface area (Å²) in [6, 6.07) is 14.1. The Kier molecular flexibility index (Phi) is 4.38. The summed E-state index contributed by atoms with van der Waals surface area (Å²) in [7, 11) is 2.17. The van der Waals surface area contributed by atoms with E-state index in [2.05, 4.69) is 59.0 Å². The van der Waals surface area contributed by atoms with Crippen LogP contribution in [0.1, 0.15) is 23.3 Å². The molecule has 1 saturated carbocycles. The molecule has 0 amide bonds. The molecule has 3 rings (SSSR count). The van der Waals surface area contributed by atoms with Gasteiger partial charge in [0.25, 0.3) is 0 Å². The van der Waals surface area contributed by atoms with Crippen LogP contribution in [-0.2, 0) is 13.0 Å². The van der Waals surface area contributed by atoms with Gasteiger partial charge in [0.05, 0.1) is 0 Å². The van der Waals surface area contributed by atoms with E-state index in [0.29, 0.717) is 0 Å². The summed E-state index contributed by atoms with van der Waals surface area (Å²) in [5.74, 6) is 0. The van der Waals surface area contributed by atoms with E-state index in [0.717, 1.165) is 25.6 Å². The van der Waals surface area contributed by atoms with E-state index in [1.807, 2.05) is 11.3 Å². The molecular formula is C17H22N2S. The summed E-state index contributed by atoms with van der Waals surface area (Å²) in [6.45, 7) is 2.07. The molecule has 1 heterocycles. The standard InChI is InChI=1S/C17H22N2S/c1-19(11-10-17-3-2-12-20-17)16-8-4-14(5-9-16)13-18-15-6-7-15/h2-5,8-9,12,15,18H,6-7,10-11,13H2,1H3. The highest BCUT2D eigenvalue weighted by Gasteiger charge is 2.19. The second kappa shape index (κ2) is 6.42. The molecule has 3 heteroatoms. The lowest BCUT2D eigenvalue weighted by molar-refractivity contribution is 0.688. The molecule has 0 atom stereocenters. The first-order chi connectivity index (χ1) is 9.81. The molecule has 0 unspecified atom stereocenters. The number of rotatable bonds is 7. The zero-order valence-electron chi connectivity index (χ0n) is 12.0. The number of likely N-dealkylation sites (N-methyl/N-ethyl adjacent to an activating group) is 1. The van der Waals surface area contributed by atoms with Crippen LogP contribution in [0.5, 0.6) is 0 Å². The van der Waals surface area contributed by atoms with Gasteiger partial charge in [0.15, 0.2) is 0 Å². The molecule has 1 N–H and O–H groups in total. The highest BCUT2D eigenvalue weighted by atomic mass is 32.1. The topological polar surface area (TPSA) is 15.3 Å². The molecule has 0 saturated heterocycles. The highest BCUT2D eigenvalue weighted by molar-refractivity contribution is 7.09. The number of benzene rings is 1. The second-order valence-electron chi connectivity index (χ2n) is 5.57. The normalized spacial score (nSPS) is 14.4. The van der Waals surface area contributed by atoms with Gasteiger partial charge in [-0.25, -0.2) is 0 Å². The van der Waals surface area contributed by atoms with Crippen molar-refractivity contribution in [2.75, 3.05) is 18.5 Å². The quantitative estimate of drug-likeness (QED) is 0.835. The van der Waals surface area contributed by atoms with Crippen LogP contribution in [0.15, 0.2) is 41.8 Å². The van der Waals surface area contributed by atoms with Crippen molar-refractivity contribution in [1.29, 1.82) is 0 Å². The minimum absolute atomic E-state index is 0.781. The van der Waals surface area contributed by atoms with Crippen LogP contribution in [0.3, 0.4) is 0 Å². The monoisotopic (exact) mass is 286 g/mol. The lowest BCUT2D eigenvalue weighted by atomic mass is 10.2. The maximum Gasteiger partial charge on any atom is 0.0363 e. The maximum absolute atomic E-state index is 3.55. The first kappa shape index (κ1) is 13.7. The first-order valence-electron chi connectivity index (χ1n) is 7.37. The maximum atomic E-state index is 3.55. The Morgan fingerprint density at radius 1 is 1.20 bits per heavy atom. The van der Waals surface area contributed by atoms with Gasteiger partial charge >= 0.3 is 0 Å². The number of anilines is 1. The van der Waals surface area contributed by atoms with Crippen molar-refractivity contribution in [3.05, 3.63) is 52.2 Å². The number of nitrogens with zero attached hydrogens (tertiary/aromatic N) is 1. The van der Waals surface area contributed by atoms with E-state index in [1.165, 1.54) is 29.0 Å². The molecule has 0 spiro atoms. The van der Waals surface area contributed by atoms with Crippen molar-refractivity contribution in [2.24, 2.45) is 0 Å². The third-order valence-corrected chi connectivity index (χ3v) is 4.76. The fourth-order valence-corrected chi connectivity index (χ4v) is 2.98. The van der Waals surface area contributed by atoms with Crippen LogP contribution in [0, 0.1) is 0 Å². The summed E-state index contributed by atoms with van der Waals surface area (Å²) in [6.07, 6.45) is 3.83. The van der Waals surface area contributed by atoms with Crippen LogP contribution in [-0.4, -0.2) is 19.6 Å². The van der Waals surface area contributed by atoms with Crippen molar-refractivity contribution in [2.45, 2.75) is 31.8 Å². The third kappa shape index (κ3) is 3.84. The molecular weight excluding hydrogens is 264 g/mol. The molecule has 1 aliphatic rings. The van der Waals surface area contributed by atoms with Crippen molar-refractivity contribution in [3.8, 4) is 0 Å². The SMILES string of the molecule is CN(CCc1cccs1)c1ccc(CNC2CC2)cc1. The fourth-order valence-electron chi connectivity index (χ4n) is 2.28. The van der Waals surface area contributed by atoms with Gasteiger partial charge in [-0.3, -0.25) is 0 Å². The zero-order chi connectivity index (χ0) is 13.8. The Balaban J connectivity index is 1.50. The predicted octanol–water partition coefficient (Wildman–Crippen LogP) is 3.68. The average molecular weight is 286 g/mol. The Labute approximate surface area is 125 Å². The molecule has 20 heavy (non-hydrogen) atoms. The molecule has 106 valence electrons. The molecule has 2 nitrogen and oxygen atoms in total. The Morgan fingerprint density at radius 2 is 2.00 bits per heavy atom. The fraction of sp³-hybridized carbons (Fsp3) is 0.412. The van der Waals surface area contributed by atoms with Gasteiger partial charge in [0.2, 0.25) is 0 Å². The van der Waals surface area contributed by atoms with E-state index < -0.39 is 0 Å². The Morgan fingerprint density at radius 3 is 2.65 bits per heavy atom. The Hall–Kier alpha value is -1.32. The molecule has 1 aromatic carbocycles. The first-order valence-corrected chi connectivity index (χ1v) is 8.25. The van der Waals surface area contributed by atoms with Crippen molar-refractivity contribution >= 4 is 17.0 Å². The van der Waals surface area contributed by atoms with Gasteiger partial charge in [-0.1, -0.05) is 18.2 Å². The van der Waals surface area contributed by atoms with E-state index >= 15 is 0 Å². The van der Waals surface area contributed by atoms with Gasteiger partial charge in [-0.2, -0.15) is 0 Å². The molecule has 1 aromatic heterocycles. The molecule has 1 fully saturated rings. The second-order valence-corrected chi connectivity index (χ2v) is 6.60. The number of hydrogen-bond acceptors (Lipinski definition) is 3. The van der Waals surface area contributed by atoms with E-state index in [4.69, 9.17) is 0 Å². The number of thiophene rings is 1. The highest BCUT2D eigenvalue weighted by Crippen LogP contribution is 2.20. The lowest BCUT2D eigenvalue weighted by Gasteiger charge is -2.19. The van der Waals surface area contributed by atoms with Crippen LogP contribution in [0.4, 0.5) is 5.69 Å². The largest absolute Gasteiger partial charge is 0.374 e. The summed E-state index contributed by atoms with van der Waals surface area (Å²) < 4.78 is 0. The Bertz CT molecular complexity index is 514. The van der Waals surface area contributed by atoms with E-state index in [9.17, 15) is 0 Å². The summed E-state index contributed by atoms with van der Waals surface area (Å²) in [4.78, 5) is 3.79. The van der Waals surface area contributed by atoms with Crippen LogP contribution in [0.25, 0.3) is 0 Å². The smallest absolute Gasteiger partial charge is 0.0363 e. The van der Waals surface area contributed by atoms with Gasteiger partial charge in [-0.05, 0) is 48.4 Å². The molecule has 0 radical (unpaired) electrons. The summed E-state index contributed by atoms with van der Waals surface area (Å²) in [5, 5.41) is 5.70. The van der Waals surface area contributed by atoms with Gasteiger partial charge < -0.3 is 10.2 Å². The minimum Gasteiger partial charge on any atom is -0.374 e. The van der Waals surface area contributed by atoms with Gasteiger partial charge in [0.1, 0.15) is 0 Å². The summed E-state index contributed by atoms with van der Waals surface area (Å²) >= 11 is 1.84. The predicted molar refractivity (Wildman–Crippen MR) is 87.6 cm³/mol. The van der Waals surface area contributed by atoms with Crippen molar-refractivity contribution in [3.63, 3.8) is 0 Å². The van der Waals surface area contributed by atoms with Crippen LogP contribution >= 0.6 is 11.3 Å². The number of nitrogens with one attached hydrogen (secondary N) is 1.